The lowest BCUT2D eigenvalue weighted by atomic mass is 10.2. The molecule has 0 unspecified atom stereocenters. The fourth-order valence-electron chi connectivity index (χ4n) is 2.06. The fraction of sp³-hybridized carbons (Fsp3) is 0.167. The molecule has 2 aromatic carbocycles. The first kappa shape index (κ1) is 15.4. The summed E-state index contributed by atoms with van der Waals surface area (Å²) in [6, 6.07) is 14.8. The second-order valence-electron chi connectivity index (χ2n) is 5.07. The summed E-state index contributed by atoms with van der Waals surface area (Å²) < 4.78 is 12.9. The molecule has 2 aromatic rings. The number of rotatable bonds is 3. The zero-order valence-electron chi connectivity index (χ0n) is 12.3. The van der Waals surface area contributed by atoms with E-state index in [-0.39, 0.29) is 5.82 Å². The van der Waals surface area contributed by atoms with Crippen molar-refractivity contribution in [1.29, 1.82) is 0 Å². The summed E-state index contributed by atoms with van der Waals surface area (Å²) in [6.45, 7) is 2.08. The van der Waals surface area contributed by atoms with Crippen LogP contribution in [-0.4, -0.2) is 10.8 Å². The highest BCUT2D eigenvalue weighted by atomic mass is 32.2. The van der Waals surface area contributed by atoms with Crippen molar-refractivity contribution in [3.63, 3.8) is 0 Å². The minimum atomic E-state index is -0.199. The minimum absolute atomic E-state index is 0.199. The van der Waals surface area contributed by atoms with E-state index in [1.807, 2.05) is 12.1 Å². The number of halogens is 1. The Morgan fingerprint density at radius 1 is 1.09 bits per heavy atom. The number of hydrogen-bond acceptors (Lipinski definition) is 3. The highest BCUT2D eigenvalue weighted by Crippen LogP contribution is 2.32. The summed E-state index contributed by atoms with van der Waals surface area (Å²) in [5.74, 6) is 0.871. The molecule has 1 heterocycles. The van der Waals surface area contributed by atoms with Gasteiger partial charge in [0, 0.05) is 10.6 Å². The Labute approximate surface area is 138 Å². The molecule has 0 radical (unpaired) electrons. The minimum Gasteiger partial charge on any atom is -0.242 e. The highest BCUT2D eigenvalue weighted by molar-refractivity contribution is 8.15. The first-order valence-electron chi connectivity index (χ1n) is 7.10. The molecule has 4 heteroatoms. The van der Waals surface area contributed by atoms with Crippen LogP contribution in [0.3, 0.4) is 0 Å². The molecular formula is C18H16FNS2. The first-order valence-corrected chi connectivity index (χ1v) is 8.97. The monoisotopic (exact) mass is 329 g/mol. The van der Waals surface area contributed by atoms with Crippen LogP contribution in [0.1, 0.15) is 12.0 Å². The first-order chi connectivity index (χ1) is 10.7. The second-order valence-corrected chi connectivity index (χ2v) is 7.09. The zero-order chi connectivity index (χ0) is 15.4. The van der Waals surface area contributed by atoms with E-state index >= 15 is 0 Å². The normalized spacial score (nSPS) is 18.3. The van der Waals surface area contributed by atoms with Crippen molar-refractivity contribution < 1.29 is 4.39 Å². The third-order valence-corrected chi connectivity index (χ3v) is 5.28. The predicted molar refractivity (Wildman–Crippen MR) is 95.7 cm³/mol. The fourth-order valence-corrected chi connectivity index (χ4v) is 3.97. The van der Waals surface area contributed by atoms with Crippen molar-refractivity contribution >= 4 is 34.3 Å². The van der Waals surface area contributed by atoms with E-state index in [1.165, 1.54) is 23.3 Å². The molecule has 0 aliphatic carbocycles. The molecule has 22 heavy (non-hydrogen) atoms. The number of nitrogens with zero attached hydrogens (tertiary/aromatic N) is 1. The highest BCUT2D eigenvalue weighted by Gasteiger charge is 2.16. The number of hydrogen-bond donors (Lipinski definition) is 0. The Balaban J connectivity index is 1.76. The third kappa shape index (κ3) is 4.02. The van der Waals surface area contributed by atoms with Gasteiger partial charge in [0.1, 0.15) is 10.9 Å². The van der Waals surface area contributed by atoms with Gasteiger partial charge in [-0.05, 0) is 60.7 Å². The van der Waals surface area contributed by atoms with E-state index in [1.54, 1.807) is 35.7 Å². The molecule has 112 valence electrons. The lowest BCUT2D eigenvalue weighted by Gasteiger charge is -2.01. The molecule has 1 aliphatic rings. The predicted octanol–water partition coefficient (Wildman–Crippen LogP) is 5.98. The van der Waals surface area contributed by atoms with Crippen LogP contribution >= 0.6 is 23.5 Å². The SMILES string of the molecule is Cc1ccc(/N=C2\SCC\C2=C/Sc2ccc(F)cc2)cc1. The Morgan fingerprint density at radius 3 is 2.55 bits per heavy atom. The largest absolute Gasteiger partial charge is 0.242 e. The summed E-state index contributed by atoms with van der Waals surface area (Å²) in [7, 11) is 0. The lowest BCUT2D eigenvalue weighted by molar-refractivity contribution is 0.626. The molecule has 1 saturated heterocycles. The second kappa shape index (κ2) is 7.16. The topological polar surface area (TPSA) is 12.4 Å². The van der Waals surface area contributed by atoms with Crippen LogP contribution in [0.5, 0.6) is 0 Å². The average molecular weight is 329 g/mol. The van der Waals surface area contributed by atoms with Crippen LogP contribution in [0.4, 0.5) is 10.1 Å². The molecule has 0 saturated carbocycles. The molecular weight excluding hydrogens is 313 g/mol. The van der Waals surface area contributed by atoms with Gasteiger partial charge in [-0.15, -0.1) is 11.8 Å². The maximum atomic E-state index is 12.9. The smallest absolute Gasteiger partial charge is 0.123 e. The van der Waals surface area contributed by atoms with Crippen molar-refractivity contribution in [3.05, 3.63) is 70.9 Å². The zero-order valence-corrected chi connectivity index (χ0v) is 13.9. The van der Waals surface area contributed by atoms with Gasteiger partial charge in [-0.25, -0.2) is 9.38 Å². The van der Waals surface area contributed by atoms with Crippen molar-refractivity contribution in [1.82, 2.24) is 0 Å². The molecule has 0 N–H and O–H groups in total. The van der Waals surface area contributed by atoms with Crippen LogP contribution in [0.2, 0.25) is 0 Å². The quantitative estimate of drug-likeness (QED) is 0.642. The molecule has 0 spiro atoms. The molecule has 3 rings (SSSR count). The van der Waals surface area contributed by atoms with E-state index in [2.05, 4.69) is 24.5 Å². The molecule has 1 fully saturated rings. The van der Waals surface area contributed by atoms with Crippen molar-refractivity contribution in [3.8, 4) is 0 Å². The van der Waals surface area contributed by atoms with E-state index in [0.29, 0.717) is 0 Å². The van der Waals surface area contributed by atoms with Gasteiger partial charge in [0.25, 0.3) is 0 Å². The number of aryl methyl sites for hydroxylation is 1. The summed E-state index contributed by atoms with van der Waals surface area (Å²) in [4.78, 5) is 5.79. The van der Waals surface area contributed by atoms with Crippen LogP contribution in [0.15, 0.2) is 69.4 Å². The number of thioether (sulfide) groups is 2. The maximum Gasteiger partial charge on any atom is 0.123 e. The molecule has 0 aromatic heterocycles. The van der Waals surface area contributed by atoms with Gasteiger partial charge in [-0.2, -0.15) is 0 Å². The van der Waals surface area contributed by atoms with Crippen molar-refractivity contribution in [2.45, 2.75) is 18.2 Å². The molecule has 1 nitrogen and oxygen atoms in total. The van der Waals surface area contributed by atoms with E-state index in [0.717, 1.165) is 27.8 Å². The van der Waals surface area contributed by atoms with Gasteiger partial charge >= 0.3 is 0 Å². The lowest BCUT2D eigenvalue weighted by Crippen LogP contribution is -1.88. The van der Waals surface area contributed by atoms with E-state index in [9.17, 15) is 4.39 Å². The molecule has 0 atom stereocenters. The summed E-state index contributed by atoms with van der Waals surface area (Å²) in [5, 5.41) is 3.23. The Bertz CT molecular complexity index is 703. The van der Waals surface area contributed by atoms with Crippen LogP contribution in [0.25, 0.3) is 0 Å². The number of benzene rings is 2. The third-order valence-electron chi connectivity index (χ3n) is 3.30. The van der Waals surface area contributed by atoms with Crippen LogP contribution in [-0.2, 0) is 0 Å². The van der Waals surface area contributed by atoms with E-state index < -0.39 is 0 Å². The van der Waals surface area contributed by atoms with Gasteiger partial charge in [0.05, 0.1) is 5.69 Å². The van der Waals surface area contributed by atoms with Gasteiger partial charge in [0.2, 0.25) is 0 Å². The average Bonchev–Trinajstić information content (AvgIpc) is 2.96. The Hall–Kier alpha value is -1.52. The van der Waals surface area contributed by atoms with Crippen molar-refractivity contribution in [2.75, 3.05) is 5.75 Å². The molecule has 1 aliphatic heterocycles. The van der Waals surface area contributed by atoms with E-state index in [4.69, 9.17) is 4.99 Å². The Morgan fingerprint density at radius 2 is 1.82 bits per heavy atom. The molecule has 0 bridgehead atoms. The summed E-state index contributed by atoms with van der Waals surface area (Å²) in [5.41, 5.74) is 3.50. The Kier molecular flexibility index (Phi) is 5.01. The van der Waals surface area contributed by atoms with Gasteiger partial charge in [0.15, 0.2) is 0 Å². The molecule has 0 amide bonds. The standard InChI is InChI=1S/C18H16FNS2/c1-13-2-6-16(7-3-13)20-18-14(10-11-21-18)12-22-17-8-4-15(19)5-9-17/h2-9,12H,10-11H2,1H3/b14-12+,20-18-. The summed E-state index contributed by atoms with van der Waals surface area (Å²) in [6.07, 6.45) is 1.03. The summed E-state index contributed by atoms with van der Waals surface area (Å²) >= 11 is 3.42. The number of aliphatic imine (C=N–C) groups is 1. The van der Waals surface area contributed by atoms with Gasteiger partial charge in [-0.3, -0.25) is 0 Å². The van der Waals surface area contributed by atoms with Gasteiger partial charge in [-0.1, -0.05) is 29.5 Å². The van der Waals surface area contributed by atoms with Crippen LogP contribution in [0, 0.1) is 12.7 Å². The maximum absolute atomic E-state index is 12.9. The van der Waals surface area contributed by atoms with Gasteiger partial charge < -0.3 is 0 Å². The van der Waals surface area contributed by atoms with Crippen LogP contribution < -0.4 is 0 Å². The van der Waals surface area contributed by atoms with Crippen molar-refractivity contribution in [2.24, 2.45) is 4.99 Å².